The molecule has 0 amide bonds. The van der Waals surface area contributed by atoms with E-state index in [0.717, 1.165) is 6.54 Å². The van der Waals surface area contributed by atoms with Crippen molar-refractivity contribution in [2.45, 2.75) is 0 Å². The number of aliphatic hydroxyl groups is 1. The van der Waals surface area contributed by atoms with Crippen LogP contribution in [0, 0.1) is 0 Å². The average molecular weight is 174 g/mol. The molecule has 4 heteroatoms. The number of hydrogen-bond donors (Lipinski definition) is 1. The lowest BCUT2D eigenvalue weighted by molar-refractivity contribution is 0.228. The van der Waals surface area contributed by atoms with Gasteiger partial charge in [-0.05, 0) is 7.05 Å². The lowest BCUT2D eigenvalue weighted by Gasteiger charge is -2.11. The Kier molecular flexibility index (Phi) is 11.5. The van der Waals surface area contributed by atoms with E-state index in [1.165, 1.54) is 0 Å². The second-order valence-corrected chi connectivity index (χ2v) is 2.09. The third kappa shape index (κ3) is 8.50. The van der Waals surface area contributed by atoms with Gasteiger partial charge in [0, 0.05) is 19.0 Å². The maximum atomic E-state index is 8.38. The van der Waals surface area contributed by atoms with Gasteiger partial charge in [-0.15, -0.1) is 24.0 Å². The lowest BCUT2D eigenvalue weighted by Crippen LogP contribution is -2.23. The number of halogens is 2. The molecule has 0 rings (SSSR count). The first-order valence-corrected chi connectivity index (χ1v) is 3.20. The smallest absolute Gasteiger partial charge is 0.0558 e. The third-order valence-corrected chi connectivity index (χ3v) is 1.12. The zero-order valence-corrected chi connectivity index (χ0v) is 7.08. The molecule has 2 nitrogen and oxygen atoms in total. The number of likely N-dealkylation sites (N-methyl/N-ethyl adjacent to an activating group) is 1. The largest absolute Gasteiger partial charge is 0.395 e. The van der Waals surface area contributed by atoms with Crippen molar-refractivity contribution in [2.75, 3.05) is 32.6 Å². The highest BCUT2D eigenvalue weighted by atomic mass is 35.5. The maximum absolute atomic E-state index is 8.38. The Morgan fingerprint density at radius 1 is 1.44 bits per heavy atom. The van der Waals surface area contributed by atoms with Gasteiger partial charge in [0.2, 0.25) is 0 Å². The summed E-state index contributed by atoms with van der Waals surface area (Å²) in [6.07, 6.45) is 0. The van der Waals surface area contributed by atoms with E-state index < -0.39 is 0 Å². The van der Waals surface area contributed by atoms with Crippen LogP contribution in [0.2, 0.25) is 0 Å². The first kappa shape index (κ1) is 12.2. The van der Waals surface area contributed by atoms with Crippen LogP contribution < -0.4 is 0 Å². The Morgan fingerprint density at radius 2 is 2.00 bits per heavy atom. The normalized spacial score (nSPS) is 9.33. The van der Waals surface area contributed by atoms with Gasteiger partial charge in [0.25, 0.3) is 0 Å². The van der Waals surface area contributed by atoms with E-state index in [9.17, 15) is 0 Å². The molecule has 0 aromatic rings. The van der Waals surface area contributed by atoms with Crippen LogP contribution in [0.4, 0.5) is 0 Å². The summed E-state index contributed by atoms with van der Waals surface area (Å²) in [5.74, 6) is 0.635. The molecule has 58 valence electrons. The SMILES string of the molecule is CN(CCO)CCCl.Cl. The minimum atomic E-state index is 0. The van der Waals surface area contributed by atoms with Crippen molar-refractivity contribution in [3.05, 3.63) is 0 Å². The molecule has 0 aliphatic heterocycles. The molecule has 0 aliphatic rings. The van der Waals surface area contributed by atoms with Gasteiger partial charge in [-0.25, -0.2) is 0 Å². The van der Waals surface area contributed by atoms with Crippen LogP contribution in [0.5, 0.6) is 0 Å². The van der Waals surface area contributed by atoms with Crippen molar-refractivity contribution < 1.29 is 5.11 Å². The summed E-state index contributed by atoms with van der Waals surface area (Å²) >= 11 is 5.41. The molecule has 0 radical (unpaired) electrons. The summed E-state index contributed by atoms with van der Waals surface area (Å²) in [5, 5.41) is 8.38. The number of aliphatic hydroxyl groups excluding tert-OH is 1. The summed E-state index contributed by atoms with van der Waals surface area (Å²) in [6.45, 7) is 1.78. The molecule has 0 unspecified atom stereocenters. The molecule has 0 bridgehead atoms. The molecule has 0 aliphatic carbocycles. The van der Waals surface area contributed by atoms with Gasteiger partial charge in [0.15, 0.2) is 0 Å². The minimum absolute atomic E-state index is 0. The molecular weight excluding hydrogens is 161 g/mol. The van der Waals surface area contributed by atoms with E-state index in [4.69, 9.17) is 16.7 Å². The molecule has 9 heavy (non-hydrogen) atoms. The summed E-state index contributed by atoms with van der Waals surface area (Å²) in [7, 11) is 1.93. The van der Waals surface area contributed by atoms with E-state index in [1.54, 1.807) is 0 Å². The molecule has 0 spiro atoms. The van der Waals surface area contributed by atoms with Crippen LogP contribution in [0.3, 0.4) is 0 Å². The predicted molar refractivity (Wildman–Crippen MR) is 42.6 cm³/mol. The Hall–Kier alpha value is 0.500. The Morgan fingerprint density at radius 3 is 2.33 bits per heavy atom. The summed E-state index contributed by atoms with van der Waals surface area (Å²) in [6, 6.07) is 0. The lowest BCUT2D eigenvalue weighted by atomic mass is 10.5. The fourth-order valence-corrected chi connectivity index (χ4v) is 0.715. The maximum Gasteiger partial charge on any atom is 0.0558 e. The van der Waals surface area contributed by atoms with Crippen LogP contribution in [-0.2, 0) is 0 Å². The molecule has 0 aromatic heterocycles. The van der Waals surface area contributed by atoms with E-state index in [-0.39, 0.29) is 19.0 Å². The second kappa shape index (κ2) is 8.50. The van der Waals surface area contributed by atoms with Crippen molar-refractivity contribution in [3.63, 3.8) is 0 Å². The monoisotopic (exact) mass is 173 g/mol. The average Bonchev–Trinajstić information content (AvgIpc) is 1.68. The third-order valence-electron chi connectivity index (χ3n) is 0.948. The number of nitrogens with zero attached hydrogens (tertiary/aromatic N) is 1. The molecule has 0 heterocycles. The van der Waals surface area contributed by atoms with Crippen molar-refractivity contribution in [1.82, 2.24) is 4.90 Å². The van der Waals surface area contributed by atoms with Crippen LogP contribution in [0.15, 0.2) is 0 Å². The first-order valence-electron chi connectivity index (χ1n) is 2.66. The molecule has 0 aromatic carbocycles. The highest BCUT2D eigenvalue weighted by Crippen LogP contribution is 1.81. The van der Waals surface area contributed by atoms with Gasteiger partial charge in [-0.1, -0.05) is 0 Å². The van der Waals surface area contributed by atoms with Crippen molar-refractivity contribution in [1.29, 1.82) is 0 Å². The van der Waals surface area contributed by atoms with Gasteiger partial charge in [0.05, 0.1) is 6.61 Å². The van der Waals surface area contributed by atoms with E-state index in [0.29, 0.717) is 12.4 Å². The van der Waals surface area contributed by atoms with Crippen LogP contribution >= 0.6 is 24.0 Å². The number of alkyl halides is 1. The standard InChI is InChI=1S/C5H12ClNO.ClH/c1-7(3-2-6)4-5-8;/h8H,2-5H2,1H3;1H. The Balaban J connectivity index is 0. The minimum Gasteiger partial charge on any atom is -0.395 e. The first-order chi connectivity index (χ1) is 3.81. The summed E-state index contributed by atoms with van der Waals surface area (Å²) in [5.41, 5.74) is 0. The van der Waals surface area contributed by atoms with Crippen LogP contribution in [0.1, 0.15) is 0 Å². The quantitative estimate of drug-likeness (QED) is 0.630. The predicted octanol–water partition coefficient (Wildman–Crippen LogP) is 0.571. The molecule has 0 fully saturated rings. The van der Waals surface area contributed by atoms with Crippen molar-refractivity contribution >= 4 is 24.0 Å². The molecule has 0 atom stereocenters. The summed E-state index contributed by atoms with van der Waals surface area (Å²) < 4.78 is 0. The zero-order valence-electron chi connectivity index (χ0n) is 5.51. The van der Waals surface area contributed by atoms with Gasteiger partial charge < -0.3 is 10.0 Å². The number of hydrogen-bond acceptors (Lipinski definition) is 2. The van der Waals surface area contributed by atoms with E-state index >= 15 is 0 Å². The van der Waals surface area contributed by atoms with Crippen LogP contribution in [0.25, 0.3) is 0 Å². The Labute approximate surface area is 67.2 Å². The molecule has 0 saturated carbocycles. The van der Waals surface area contributed by atoms with E-state index in [1.807, 2.05) is 11.9 Å². The van der Waals surface area contributed by atoms with Gasteiger partial charge in [0.1, 0.15) is 0 Å². The van der Waals surface area contributed by atoms with Gasteiger partial charge >= 0.3 is 0 Å². The molecule has 0 saturated heterocycles. The van der Waals surface area contributed by atoms with E-state index in [2.05, 4.69) is 0 Å². The van der Waals surface area contributed by atoms with Crippen molar-refractivity contribution in [2.24, 2.45) is 0 Å². The molecule has 1 N–H and O–H groups in total. The topological polar surface area (TPSA) is 23.5 Å². The zero-order chi connectivity index (χ0) is 6.41. The molecular formula is C5H13Cl2NO. The fraction of sp³-hybridized carbons (Fsp3) is 1.00. The summed E-state index contributed by atoms with van der Waals surface area (Å²) in [4.78, 5) is 1.98. The Bertz CT molecular complexity index is 48.2. The highest BCUT2D eigenvalue weighted by Gasteiger charge is 1.91. The van der Waals surface area contributed by atoms with Gasteiger partial charge in [-0.2, -0.15) is 0 Å². The van der Waals surface area contributed by atoms with Gasteiger partial charge in [-0.3, -0.25) is 0 Å². The second-order valence-electron chi connectivity index (χ2n) is 1.72. The highest BCUT2D eigenvalue weighted by molar-refractivity contribution is 6.18. The van der Waals surface area contributed by atoms with Crippen LogP contribution in [-0.4, -0.2) is 42.6 Å². The fourth-order valence-electron chi connectivity index (χ4n) is 0.427. The van der Waals surface area contributed by atoms with Crippen molar-refractivity contribution in [3.8, 4) is 0 Å². The number of rotatable bonds is 4.